The second kappa shape index (κ2) is 9.24. The first kappa shape index (κ1) is 19.7. The summed E-state index contributed by atoms with van der Waals surface area (Å²) in [6, 6.07) is 24.0. The predicted octanol–water partition coefficient (Wildman–Crippen LogP) is 4.90. The minimum Gasteiger partial charge on any atom is -0.483 e. The molecule has 0 aliphatic rings. The molecular formula is C23H18ClN3O3. The molecule has 0 unspecified atom stereocenters. The molecule has 1 aromatic heterocycles. The summed E-state index contributed by atoms with van der Waals surface area (Å²) in [4.78, 5) is 16.9. The summed E-state index contributed by atoms with van der Waals surface area (Å²) in [7, 11) is 0. The van der Waals surface area contributed by atoms with E-state index in [2.05, 4.69) is 15.5 Å². The molecule has 1 N–H and O–H groups in total. The van der Waals surface area contributed by atoms with Gasteiger partial charge >= 0.3 is 0 Å². The molecule has 4 aromatic rings. The van der Waals surface area contributed by atoms with E-state index >= 15 is 0 Å². The van der Waals surface area contributed by atoms with Crippen LogP contribution in [0.1, 0.15) is 21.8 Å². The fraction of sp³-hybridized carbons (Fsp3) is 0.0870. The van der Waals surface area contributed by atoms with Crippen molar-refractivity contribution in [3.8, 4) is 17.1 Å². The third-order valence-corrected chi connectivity index (χ3v) is 4.69. The third-order valence-electron chi connectivity index (χ3n) is 4.36. The van der Waals surface area contributed by atoms with Crippen LogP contribution in [0.3, 0.4) is 0 Å². The third kappa shape index (κ3) is 4.67. The Bertz CT molecular complexity index is 1150. The Morgan fingerprint density at radius 3 is 2.53 bits per heavy atom. The Morgan fingerprint density at radius 2 is 1.70 bits per heavy atom. The van der Waals surface area contributed by atoms with Crippen LogP contribution in [0.25, 0.3) is 11.4 Å². The van der Waals surface area contributed by atoms with Gasteiger partial charge in [-0.05, 0) is 29.8 Å². The first-order chi connectivity index (χ1) is 14.7. The molecule has 1 heterocycles. The van der Waals surface area contributed by atoms with E-state index in [0.717, 1.165) is 5.56 Å². The number of hydrogen-bond donors (Lipinski definition) is 1. The van der Waals surface area contributed by atoms with Crippen molar-refractivity contribution < 1.29 is 14.1 Å². The highest BCUT2D eigenvalue weighted by molar-refractivity contribution is 6.33. The van der Waals surface area contributed by atoms with Crippen LogP contribution in [-0.4, -0.2) is 16.0 Å². The molecule has 7 heteroatoms. The minimum absolute atomic E-state index is 0.0282. The molecule has 0 radical (unpaired) electrons. The molecule has 30 heavy (non-hydrogen) atoms. The van der Waals surface area contributed by atoms with Gasteiger partial charge in [0.05, 0.1) is 10.6 Å². The van der Waals surface area contributed by atoms with Gasteiger partial charge in [-0.2, -0.15) is 4.98 Å². The molecule has 0 fully saturated rings. The number of carbonyl (C=O) groups is 1. The van der Waals surface area contributed by atoms with Crippen LogP contribution in [0.2, 0.25) is 5.02 Å². The number of hydrogen-bond acceptors (Lipinski definition) is 5. The number of halogens is 1. The number of rotatable bonds is 7. The first-order valence-corrected chi connectivity index (χ1v) is 9.70. The second-order valence-electron chi connectivity index (χ2n) is 6.44. The maximum atomic E-state index is 12.6. The summed E-state index contributed by atoms with van der Waals surface area (Å²) < 4.78 is 11.0. The smallest absolute Gasteiger partial charge is 0.264 e. The molecule has 0 aliphatic carbocycles. The second-order valence-corrected chi connectivity index (χ2v) is 6.85. The molecule has 6 nitrogen and oxygen atoms in total. The van der Waals surface area contributed by atoms with E-state index in [9.17, 15) is 4.79 Å². The van der Waals surface area contributed by atoms with Crippen LogP contribution in [0.15, 0.2) is 83.4 Å². The number of amides is 1. The van der Waals surface area contributed by atoms with Crippen molar-refractivity contribution in [2.45, 2.75) is 13.2 Å². The zero-order valence-electron chi connectivity index (χ0n) is 15.9. The van der Waals surface area contributed by atoms with Crippen LogP contribution in [0.5, 0.6) is 5.75 Å². The number of carbonyl (C=O) groups excluding carboxylic acids is 1. The van der Waals surface area contributed by atoms with Crippen molar-refractivity contribution in [1.29, 1.82) is 0 Å². The summed E-state index contributed by atoms with van der Waals surface area (Å²) in [5.74, 6) is 0.870. The van der Waals surface area contributed by atoms with E-state index in [4.69, 9.17) is 20.9 Å². The number of ether oxygens (including phenoxy) is 1. The minimum atomic E-state index is -0.225. The van der Waals surface area contributed by atoms with Gasteiger partial charge in [0.1, 0.15) is 5.75 Å². The topological polar surface area (TPSA) is 77.2 Å². The zero-order chi connectivity index (χ0) is 20.8. The molecule has 0 spiro atoms. The Hall–Kier alpha value is -3.64. The fourth-order valence-electron chi connectivity index (χ4n) is 2.86. The number of nitrogens with zero attached hydrogens (tertiary/aromatic N) is 2. The maximum Gasteiger partial charge on any atom is 0.264 e. The van der Waals surface area contributed by atoms with Crippen LogP contribution in [0, 0.1) is 0 Å². The van der Waals surface area contributed by atoms with Gasteiger partial charge in [-0.25, -0.2) is 0 Å². The quantitative estimate of drug-likeness (QED) is 0.461. The van der Waals surface area contributed by atoms with Crippen molar-refractivity contribution >= 4 is 17.5 Å². The highest BCUT2D eigenvalue weighted by Gasteiger charge is 2.15. The molecule has 0 aliphatic heterocycles. The molecule has 0 saturated heterocycles. The van der Waals surface area contributed by atoms with Gasteiger partial charge in [0.15, 0.2) is 6.61 Å². The van der Waals surface area contributed by atoms with E-state index < -0.39 is 0 Å². The lowest BCUT2D eigenvalue weighted by Gasteiger charge is -2.10. The van der Waals surface area contributed by atoms with Crippen LogP contribution < -0.4 is 10.1 Å². The summed E-state index contributed by atoms with van der Waals surface area (Å²) in [5, 5.41) is 7.38. The van der Waals surface area contributed by atoms with Crippen molar-refractivity contribution in [1.82, 2.24) is 15.5 Å². The van der Waals surface area contributed by atoms with Gasteiger partial charge in [-0.1, -0.05) is 71.4 Å². The number of para-hydroxylation sites is 1. The largest absolute Gasteiger partial charge is 0.483 e. The number of aromatic nitrogens is 2. The van der Waals surface area contributed by atoms with Gasteiger partial charge in [0, 0.05) is 12.1 Å². The summed E-state index contributed by atoms with van der Waals surface area (Å²) >= 11 is 6.17. The molecule has 4 rings (SSSR count). The van der Waals surface area contributed by atoms with E-state index in [1.807, 2.05) is 48.5 Å². The lowest BCUT2D eigenvalue weighted by atomic mass is 10.1. The average molecular weight is 420 g/mol. The summed E-state index contributed by atoms with van der Waals surface area (Å²) in [5.41, 5.74) is 2.12. The van der Waals surface area contributed by atoms with Crippen molar-refractivity contribution in [3.05, 3.63) is 101 Å². The van der Waals surface area contributed by atoms with Crippen molar-refractivity contribution in [2.75, 3.05) is 0 Å². The highest BCUT2D eigenvalue weighted by atomic mass is 35.5. The maximum absolute atomic E-state index is 12.6. The SMILES string of the molecule is O=C(NCc1ccccc1)c1ccccc1OCc1nc(-c2ccccc2Cl)no1. The standard InChI is InChI=1S/C23H18ClN3O3/c24-19-12-6-4-10-17(19)22-26-21(30-27-22)15-29-20-13-7-5-11-18(20)23(28)25-14-16-8-2-1-3-9-16/h1-13H,14-15H2,(H,25,28). The Balaban J connectivity index is 1.42. The number of nitrogens with one attached hydrogen (secondary N) is 1. The molecule has 3 aromatic carbocycles. The molecule has 0 saturated carbocycles. The van der Waals surface area contributed by atoms with Gasteiger partial charge in [-0.15, -0.1) is 0 Å². The Labute approximate surface area is 178 Å². The van der Waals surface area contributed by atoms with Gasteiger partial charge in [0.25, 0.3) is 11.8 Å². The lowest BCUT2D eigenvalue weighted by molar-refractivity contribution is 0.0945. The lowest BCUT2D eigenvalue weighted by Crippen LogP contribution is -2.23. The highest BCUT2D eigenvalue weighted by Crippen LogP contribution is 2.25. The average Bonchev–Trinajstić information content (AvgIpc) is 3.26. The van der Waals surface area contributed by atoms with Gasteiger partial charge in [-0.3, -0.25) is 4.79 Å². The van der Waals surface area contributed by atoms with E-state index in [-0.39, 0.29) is 18.4 Å². The van der Waals surface area contributed by atoms with E-state index in [1.54, 1.807) is 30.3 Å². The summed E-state index contributed by atoms with van der Waals surface area (Å²) in [6.07, 6.45) is 0. The monoisotopic (exact) mass is 419 g/mol. The number of benzene rings is 3. The van der Waals surface area contributed by atoms with Crippen LogP contribution in [0.4, 0.5) is 0 Å². The Morgan fingerprint density at radius 1 is 0.967 bits per heavy atom. The predicted molar refractivity (Wildman–Crippen MR) is 113 cm³/mol. The normalized spacial score (nSPS) is 10.6. The fourth-order valence-corrected chi connectivity index (χ4v) is 3.08. The molecule has 1 amide bonds. The van der Waals surface area contributed by atoms with Crippen molar-refractivity contribution in [2.24, 2.45) is 0 Å². The van der Waals surface area contributed by atoms with Crippen LogP contribution in [-0.2, 0) is 13.2 Å². The zero-order valence-corrected chi connectivity index (χ0v) is 16.7. The van der Waals surface area contributed by atoms with Crippen molar-refractivity contribution in [3.63, 3.8) is 0 Å². The molecular weight excluding hydrogens is 402 g/mol. The first-order valence-electron chi connectivity index (χ1n) is 9.32. The van der Waals surface area contributed by atoms with Gasteiger partial charge < -0.3 is 14.6 Å². The van der Waals surface area contributed by atoms with Gasteiger partial charge in [0.2, 0.25) is 5.82 Å². The Kier molecular flexibility index (Phi) is 6.06. The summed E-state index contributed by atoms with van der Waals surface area (Å²) in [6.45, 7) is 0.458. The molecule has 0 bridgehead atoms. The molecule has 150 valence electrons. The van der Waals surface area contributed by atoms with Crippen LogP contribution >= 0.6 is 11.6 Å². The van der Waals surface area contributed by atoms with E-state index in [0.29, 0.717) is 34.3 Å². The molecule has 0 atom stereocenters. The van der Waals surface area contributed by atoms with E-state index in [1.165, 1.54) is 0 Å².